The van der Waals surface area contributed by atoms with Crippen molar-refractivity contribution >= 4 is 22.6 Å². The van der Waals surface area contributed by atoms with Crippen LogP contribution in [-0.4, -0.2) is 37.3 Å². The van der Waals surface area contributed by atoms with Crippen molar-refractivity contribution in [2.24, 2.45) is 0 Å². The van der Waals surface area contributed by atoms with Gasteiger partial charge in [0, 0.05) is 23.3 Å². The molecule has 2 N–H and O–H groups in total. The molecule has 5 rings (SSSR count). The van der Waals surface area contributed by atoms with Crippen molar-refractivity contribution in [3.8, 4) is 5.75 Å². The van der Waals surface area contributed by atoms with Crippen LogP contribution in [0.4, 0.5) is 5.82 Å². The van der Waals surface area contributed by atoms with E-state index in [1.54, 1.807) is 35.6 Å². The Labute approximate surface area is 205 Å². The lowest BCUT2D eigenvalue weighted by Crippen LogP contribution is -2.31. The van der Waals surface area contributed by atoms with Gasteiger partial charge in [-0.05, 0) is 67.3 Å². The van der Waals surface area contributed by atoms with Crippen LogP contribution in [0.15, 0.2) is 55.0 Å². The first-order chi connectivity index (χ1) is 17.1. The van der Waals surface area contributed by atoms with Crippen molar-refractivity contribution < 1.29 is 9.53 Å². The number of pyridine rings is 2. The highest BCUT2D eigenvalue weighted by atomic mass is 16.5. The molecule has 0 aliphatic carbocycles. The Balaban J connectivity index is 0.00000141. The van der Waals surface area contributed by atoms with E-state index in [0.717, 1.165) is 46.3 Å². The molecule has 0 fully saturated rings. The number of aryl methyl sites for hydroxylation is 2. The molecule has 0 saturated carbocycles. The maximum atomic E-state index is 13.6. The normalized spacial score (nSPS) is 12.2. The van der Waals surface area contributed by atoms with Gasteiger partial charge in [-0.25, -0.2) is 15.0 Å². The largest absolute Gasteiger partial charge is 0.492 e. The van der Waals surface area contributed by atoms with Crippen molar-refractivity contribution in [3.63, 3.8) is 0 Å². The fraction of sp³-hybridized carbons (Fsp3) is 0.296. The van der Waals surface area contributed by atoms with E-state index in [-0.39, 0.29) is 12.5 Å². The highest BCUT2D eigenvalue weighted by Gasteiger charge is 2.20. The maximum Gasteiger partial charge on any atom is 0.254 e. The number of nitrogens with zero attached hydrogens (tertiary/aromatic N) is 5. The van der Waals surface area contributed by atoms with Crippen LogP contribution in [0.2, 0.25) is 0 Å². The lowest BCUT2D eigenvalue weighted by Gasteiger charge is -2.23. The summed E-state index contributed by atoms with van der Waals surface area (Å²) in [6, 6.07) is 11.2. The first-order valence-electron chi connectivity index (χ1n) is 11.9. The Morgan fingerprint density at radius 3 is 2.69 bits per heavy atom. The topological polar surface area (TPSA) is 107 Å². The van der Waals surface area contributed by atoms with Crippen LogP contribution in [0.5, 0.6) is 5.75 Å². The smallest absolute Gasteiger partial charge is 0.254 e. The average Bonchev–Trinajstić information content (AvgIpc) is 2.90. The van der Waals surface area contributed by atoms with Gasteiger partial charge in [-0.15, -0.1) is 0 Å². The fourth-order valence-corrected chi connectivity index (χ4v) is 3.98. The second kappa shape index (κ2) is 10.9. The number of hydrogen-bond acceptors (Lipinski definition) is 7. The predicted octanol–water partition coefficient (Wildman–Crippen LogP) is 4.50. The first-order valence-corrected chi connectivity index (χ1v) is 11.9. The summed E-state index contributed by atoms with van der Waals surface area (Å²) in [5.41, 5.74) is 10.1. The Bertz CT molecular complexity index is 1330. The van der Waals surface area contributed by atoms with Crippen molar-refractivity contribution in [2.75, 3.05) is 12.3 Å². The molecule has 0 bridgehead atoms. The first kappa shape index (κ1) is 24.1. The van der Waals surface area contributed by atoms with E-state index in [4.69, 9.17) is 10.5 Å². The van der Waals surface area contributed by atoms with Crippen LogP contribution in [0, 0.1) is 6.92 Å². The molecule has 1 aliphatic rings. The molecule has 0 atom stereocenters. The third-order valence-electron chi connectivity index (χ3n) is 5.74. The zero-order valence-electron chi connectivity index (χ0n) is 20.4. The predicted molar refractivity (Wildman–Crippen MR) is 136 cm³/mol. The maximum absolute atomic E-state index is 13.6. The van der Waals surface area contributed by atoms with E-state index in [2.05, 4.69) is 19.9 Å². The molecule has 0 saturated heterocycles. The monoisotopic (exact) mass is 470 g/mol. The van der Waals surface area contributed by atoms with E-state index >= 15 is 0 Å². The van der Waals surface area contributed by atoms with E-state index in [0.29, 0.717) is 30.4 Å². The zero-order valence-corrected chi connectivity index (χ0v) is 20.4. The van der Waals surface area contributed by atoms with E-state index in [9.17, 15) is 4.79 Å². The third-order valence-corrected chi connectivity index (χ3v) is 5.74. The number of nitrogens with two attached hydrogens (primary N) is 1. The number of fused-ring (bicyclic) bond motifs is 2. The standard InChI is InChI=1S/C25H24N6O2.C2H6/c1-16-10-19-11-18(5-6-21(19)30-24(16)26)25(32)31(15-23-27-7-3-8-28-23)14-20-12-17-4-2-9-33-22(17)13-29-20;1-2/h3,5-8,10-13H,2,4,9,14-15H2,1H3,(H2,26,30);1-2H3. The number of hydrogen-bond donors (Lipinski definition) is 1. The van der Waals surface area contributed by atoms with Crippen molar-refractivity contribution in [2.45, 2.75) is 46.7 Å². The highest BCUT2D eigenvalue weighted by molar-refractivity contribution is 5.98. The Morgan fingerprint density at radius 2 is 1.89 bits per heavy atom. The molecule has 1 amide bonds. The molecule has 3 aromatic heterocycles. The Kier molecular flexibility index (Phi) is 7.50. The molecular weight excluding hydrogens is 440 g/mol. The summed E-state index contributed by atoms with van der Waals surface area (Å²) >= 11 is 0. The number of nitrogen functional groups attached to an aromatic ring is 1. The third kappa shape index (κ3) is 5.54. The molecular formula is C27H30N6O2. The second-order valence-electron chi connectivity index (χ2n) is 8.16. The zero-order chi connectivity index (χ0) is 24.8. The van der Waals surface area contributed by atoms with Gasteiger partial charge in [0.15, 0.2) is 0 Å². The molecule has 1 aliphatic heterocycles. The van der Waals surface area contributed by atoms with E-state index < -0.39 is 0 Å². The molecule has 8 nitrogen and oxygen atoms in total. The van der Waals surface area contributed by atoms with E-state index in [1.807, 2.05) is 45.0 Å². The van der Waals surface area contributed by atoms with Crippen LogP contribution in [-0.2, 0) is 19.5 Å². The minimum Gasteiger partial charge on any atom is -0.492 e. The van der Waals surface area contributed by atoms with Crippen LogP contribution < -0.4 is 10.5 Å². The van der Waals surface area contributed by atoms with Gasteiger partial charge in [-0.1, -0.05) is 13.8 Å². The molecule has 4 aromatic rings. The number of rotatable bonds is 5. The summed E-state index contributed by atoms with van der Waals surface area (Å²) in [4.78, 5) is 32.9. The van der Waals surface area contributed by atoms with Crippen LogP contribution in [0.1, 0.15) is 53.3 Å². The van der Waals surface area contributed by atoms with Crippen LogP contribution >= 0.6 is 0 Å². The second-order valence-corrected chi connectivity index (χ2v) is 8.16. The van der Waals surface area contributed by atoms with Gasteiger partial charge >= 0.3 is 0 Å². The van der Waals surface area contributed by atoms with Gasteiger partial charge in [0.1, 0.15) is 17.4 Å². The van der Waals surface area contributed by atoms with Crippen LogP contribution in [0.3, 0.4) is 0 Å². The summed E-state index contributed by atoms with van der Waals surface area (Å²) in [6.07, 6.45) is 7.02. The summed E-state index contributed by atoms with van der Waals surface area (Å²) in [7, 11) is 0. The van der Waals surface area contributed by atoms with Gasteiger partial charge < -0.3 is 15.4 Å². The molecule has 35 heavy (non-hydrogen) atoms. The van der Waals surface area contributed by atoms with Gasteiger partial charge in [-0.2, -0.15) is 0 Å². The quantitative estimate of drug-likeness (QED) is 0.457. The number of ether oxygens (including phenoxy) is 1. The molecule has 0 unspecified atom stereocenters. The summed E-state index contributed by atoms with van der Waals surface area (Å²) in [6.45, 7) is 7.22. The number of benzene rings is 1. The number of carbonyl (C=O) groups excluding carboxylic acids is 1. The average molecular weight is 471 g/mol. The number of aromatic nitrogens is 4. The van der Waals surface area contributed by atoms with Gasteiger partial charge in [0.2, 0.25) is 0 Å². The van der Waals surface area contributed by atoms with Crippen LogP contribution in [0.25, 0.3) is 10.9 Å². The van der Waals surface area contributed by atoms with Gasteiger partial charge in [-0.3, -0.25) is 9.78 Å². The molecule has 1 aromatic carbocycles. The van der Waals surface area contributed by atoms with Crippen molar-refractivity contribution in [3.05, 3.63) is 83.2 Å². The van der Waals surface area contributed by atoms with E-state index in [1.165, 1.54) is 0 Å². The van der Waals surface area contributed by atoms with Crippen molar-refractivity contribution in [1.82, 2.24) is 24.8 Å². The summed E-state index contributed by atoms with van der Waals surface area (Å²) in [5, 5.41) is 0.868. The van der Waals surface area contributed by atoms with Gasteiger partial charge in [0.05, 0.1) is 37.1 Å². The minimum absolute atomic E-state index is 0.130. The SMILES string of the molecule is CC.Cc1cc2cc(C(=O)N(Cc3cc4c(cn3)OCCC4)Cc3ncccn3)ccc2nc1N. The number of amides is 1. The van der Waals surface area contributed by atoms with Crippen molar-refractivity contribution in [1.29, 1.82) is 0 Å². The molecule has 0 spiro atoms. The summed E-state index contributed by atoms with van der Waals surface area (Å²) in [5.74, 6) is 1.76. The lowest BCUT2D eigenvalue weighted by molar-refractivity contribution is 0.0723. The molecule has 4 heterocycles. The summed E-state index contributed by atoms with van der Waals surface area (Å²) < 4.78 is 5.68. The molecule has 8 heteroatoms. The number of carbonyl (C=O) groups is 1. The Morgan fingerprint density at radius 1 is 1.09 bits per heavy atom. The Hall–Kier alpha value is -4.07. The number of anilines is 1. The highest BCUT2D eigenvalue weighted by Crippen LogP contribution is 2.25. The lowest BCUT2D eigenvalue weighted by atomic mass is 10.1. The fourth-order valence-electron chi connectivity index (χ4n) is 3.98. The van der Waals surface area contributed by atoms with Gasteiger partial charge in [0.25, 0.3) is 5.91 Å². The minimum atomic E-state index is -0.130. The molecule has 180 valence electrons. The molecule has 0 radical (unpaired) electrons.